The van der Waals surface area contributed by atoms with Crippen LogP contribution in [0.2, 0.25) is 0 Å². The van der Waals surface area contributed by atoms with Gasteiger partial charge in [-0.25, -0.2) is 0 Å². The molecule has 1 heterocycles. The van der Waals surface area contributed by atoms with Crippen LogP contribution < -0.4 is 9.64 Å². The number of carbonyl (C=O) groups excluding carboxylic acids is 2. The molecule has 2 aromatic carbocycles. The van der Waals surface area contributed by atoms with E-state index < -0.39 is 0 Å². The molecule has 0 unspecified atom stereocenters. The summed E-state index contributed by atoms with van der Waals surface area (Å²) in [5.41, 5.74) is 2.12. The number of piperazine rings is 1. The van der Waals surface area contributed by atoms with Gasteiger partial charge in [-0.05, 0) is 31.2 Å². The summed E-state index contributed by atoms with van der Waals surface area (Å²) in [4.78, 5) is 28.2. The number of phenols is 1. The number of methoxy groups -OCH3 is 1. The Morgan fingerprint density at radius 1 is 1.12 bits per heavy atom. The van der Waals surface area contributed by atoms with E-state index in [0.29, 0.717) is 18.8 Å². The zero-order chi connectivity index (χ0) is 18.0. The van der Waals surface area contributed by atoms with Gasteiger partial charge in [0.2, 0.25) is 5.91 Å². The minimum absolute atomic E-state index is 0.0157. The predicted octanol–water partition coefficient (Wildman–Crippen LogP) is 2.20. The molecule has 25 heavy (non-hydrogen) atoms. The highest BCUT2D eigenvalue weighted by atomic mass is 16.5. The number of benzene rings is 2. The van der Waals surface area contributed by atoms with Crippen molar-refractivity contribution < 1.29 is 19.4 Å². The lowest BCUT2D eigenvalue weighted by Gasteiger charge is -2.34. The SMILES string of the molecule is COc1ccc(C(=O)N2CCN(c3ccc(C)cc3)C(=O)C2)c(O)c1. The third-order valence-electron chi connectivity index (χ3n) is 4.29. The van der Waals surface area contributed by atoms with Gasteiger partial charge < -0.3 is 19.6 Å². The number of nitrogens with zero attached hydrogens (tertiary/aromatic N) is 2. The van der Waals surface area contributed by atoms with Crippen LogP contribution >= 0.6 is 0 Å². The van der Waals surface area contributed by atoms with Gasteiger partial charge in [0.25, 0.3) is 5.91 Å². The molecule has 130 valence electrons. The monoisotopic (exact) mass is 340 g/mol. The summed E-state index contributed by atoms with van der Waals surface area (Å²) >= 11 is 0. The molecule has 0 radical (unpaired) electrons. The summed E-state index contributed by atoms with van der Waals surface area (Å²) in [7, 11) is 1.49. The van der Waals surface area contributed by atoms with Crippen LogP contribution in [-0.2, 0) is 4.79 Å². The van der Waals surface area contributed by atoms with E-state index in [4.69, 9.17) is 4.74 Å². The van der Waals surface area contributed by atoms with Crippen LogP contribution in [-0.4, -0.2) is 48.6 Å². The van der Waals surface area contributed by atoms with E-state index in [9.17, 15) is 14.7 Å². The van der Waals surface area contributed by atoms with Crippen molar-refractivity contribution in [3.05, 3.63) is 53.6 Å². The molecule has 1 aliphatic rings. The van der Waals surface area contributed by atoms with Crippen molar-refractivity contribution in [2.75, 3.05) is 31.6 Å². The van der Waals surface area contributed by atoms with Crippen LogP contribution in [0, 0.1) is 6.92 Å². The molecule has 0 spiro atoms. The Labute approximate surface area is 146 Å². The Morgan fingerprint density at radius 2 is 1.84 bits per heavy atom. The Balaban J connectivity index is 1.73. The van der Waals surface area contributed by atoms with E-state index in [1.165, 1.54) is 24.1 Å². The average Bonchev–Trinajstić information content (AvgIpc) is 2.62. The van der Waals surface area contributed by atoms with Crippen LogP contribution in [0.1, 0.15) is 15.9 Å². The van der Waals surface area contributed by atoms with E-state index in [2.05, 4.69) is 0 Å². The van der Waals surface area contributed by atoms with Gasteiger partial charge in [-0.1, -0.05) is 17.7 Å². The first-order valence-corrected chi connectivity index (χ1v) is 8.03. The predicted molar refractivity (Wildman–Crippen MR) is 94.1 cm³/mol. The molecule has 1 aliphatic heterocycles. The molecule has 1 saturated heterocycles. The highest BCUT2D eigenvalue weighted by molar-refractivity contribution is 6.02. The molecule has 6 heteroatoms. The topological polar surface area (TPSA) is 70.1 Å². The van der Waals surface area contributed by atoms with Gasteiger partial charge in [-0.2, -0.15) is 0 Å². The number of hydrogen-bond donors (Lipinski definition) is 1. The van der Waals surface area contributed by atoms with Crippen LogP contribution in [0.3, 0.4) is 0 Å². The van der Waals surface area contributed by atoms with E-state index in [0.717, 1.165) is 11.3 Å². The van der Waals surface area contributed by atoms with Gasteiger partial charge >= 0.3 is 0 Å². The molecule has 0 bridgehead atoms. The molecule has 2 aromatic rings. The molecule has 6 nitrogen and oxygen atoms in total. The molecule has 2 amide bonds. The molecule has 0 atom stereocenters. The fourth-order valence-electron chi connectivity index (χ4n) is 2.83. The zero-order valence-corrected chi connectivity index (χ0v) is 14.2. The molecular weight excluding hydrogens is 320 g/mol. The number of rotatable bonds is 3. The van der Waals surface area contributed by atoms with E-state index >= 15 is 0 Å². The maximum Gasteiger partial charge on any atom is 0.258 e. The van der Waals surface area contributed by atoms with Gasteiger partial charge in [-0.15, -0.1) is 0 Å². The number of aromatic hydroxyl groups is 1. The van der Waals surface area contributed by atoms with Crippen LogP contribution in [0.5, 0.6) is 11.5 Å². The van der Waals surface area contributed by atoms with Gasteiger partial charge in [-0.3, -0.25) is 9.59 Å². The van der Waals surface area contributed by atoms with E-state index in [1.807, 2.05) is 31.2 Å². The summed E-state index contributed by atoms with van der Waals surface area (Å²) in [6.07, 6.45) is 0. The lowest BCUT2D eigenvalue weighted by Crippen LogP contribution is -2.52. The van der Waals surface area contributed by atoms with E-state index in [1.54, 1.807) is 11.0 Å². The number of anilines is 1. The van der Waals surface area contributed by atoms with Crippen molar-refractivity contribution in [2.45, 2.75) is 6.92 Å². The Bertz CT molecular complexity index is 802. The second-order valence-corrected chi connectivity index (χ2v) is 5.99. The van der Waals surface area contributed by atoms with Crippen molar-refractivity contribution in [3.63, 3.8) is 0 Å². The summed E-state index contributed by atoms with van der Waals surface area (Å²) in [6.45, 7) is 2.80. The van der Waals surface area contributed by atoms with Gasteiger partial charge in [0, 0.05) is 24.8 Å². The first kappa shape index (κ1) is 16.8. The number of carbonyl (C=O) groups is 2. The summed E-state index contributed by atoms with van der Waals surface area (Å²) in [5, 5.41) is 10.0. The summed E-state index contributed by atoms with van der Waals surface area (Å²) < 4.78 is 5.02. The molecule has 0 aliphatic carbocycles. The van der Waals surface area contributed by atoms with Crippen molar-refractivity contribution in [1.29, 1.82) is 0 Å². The molecular formula is C19H20N2O4. The average molecular weight is 340 g/mol. The minimum Gasteiger partial charge on any atom is -0.507 e. The number of hydrogen-bond acceptors (Lipinski definition) is 4. The molecule has 3 rings (SSSR count). The largest absolute Gasteiger partial charge is 0.507 e. The second-order valence-electron chi connectivity index (χ2n) is 5.99. The molecule has 0 aromatic heterocycles. The first-order chi connectivity index (χ1) is 12.0. The maximum absolute atomic E-state index is 12.6. The third-order valence-corrected chi connectivity index (χ3v) is 4.29. The Kier molecular flexibility index (Phi) is 4.61. The van der Waals surface area contributed by atoms with Crippen molar-refractivity contribution in [2.24, 2.45) is 0 Å². The number of amides is 2. The number of ether oxygens (including phenoxy) is 1. The summed E-state index contributed by atoms with van der Waals surface area (Å²) in [5.74, 6) is -0.194. The minimum atomic E-state index is -0.364. The maximum atomic E-state index is 12.6. The van der Waals surface area contributed by atoms with Crippen LogP contribution in [0.25, 0.3) is 0 Å². The van der Waals surface area contributed by atoms with Gasteiger partial charge in [0.15, 0.2) is 0 Å². The van der Waals surface area contributed by atoms with Crippen molar-refractivity contribution in [3.8, 4) is 11.5 Å². The third kappa shape index (κ3) is 3.42. The smallest absolute Gasteiger partial charge is 0.258 e. The molecule has 1 fully saturated rings. The Morgan fingerprint density at radius 3 is 2.44 bits per heavy atom. The zero-order valence-electron chi connectivity index (χ0n) is 14.2. The number of phenolic OH excluding ortho intramolecular Hbond substituents is 1. The molecule has 0 saturated carbocycles. The normalized spacial score (nSPS) is 14.6. The lowest BCUT2D eigenvalue weighted by atomic mass is 10.1. The summed E-state index contributed by atoms with van der Waals surface area (Å²) in [6, 6.07) is 12.2. The molecule has 1 N–H and O–H groups in total. The highest BCUT2D eigenvalue weighted by Gasteiger charge is 2.29. The fraction of sp³-hybridized carbons (Fsp3) is 0.263. The van der Waals surface area contributed by atoms with Crippen molar-refractivity contribution in [1.82, 2.24) is 4.90 Å². The van der Waals surface area contributed by atoms with Gasteiger partial charge in [0.1, 0.15) is 18.0 Å². The highest BCUT2D eigenvalue weighted by Crippen LogP contribution is 2.26. The fourth-order valence-corrected chi connectivity index (χ4v) is 2.83. The standard InChI is InChI=1S/C19H20N2O4/c1-13-3-5-14(6-4-13)21-10-9-20(12-18(21)23)19(24)16-8-7-15(25-2)11-17(16)22/h3-8,11,22H,9-10,12H2,1-2H3. The van der Waals surface area contributed by atoms with Crippen LogP contribution in [0.4, 0.5) is 5.69 Å². The lowest BCUT2D eigenvalue weighted by molar-refractivity contribution is -0.120. The quantitative estimate of drug-likeness (QED) is 0.930. The second kappa shape index (κ2) is 6.84. The van der Waals surface area contributed by atoms with Gasteiger partial charge in [0.05, 0.1) is 12.7 Å². The van der Waals surface area contributed by atoms with E-state index in [-0.39, 0.29) is 29.7 Å². The Hall–Kier alpha value is -3.02. The number of aryl methyl sites for hydroxylation is 1. The van der Waals surface area contributed by atoms with Crippen LogP contribution in [0.15, 0.2) is 42.5 Å². The first-order valence-electron chi connectivity index (χ1n) is 8.03. The van der Waals surface area contributed by atoms with Crippen molar-refractivity contribution >= 4 is 17.5 Å².